The third-order valence-corrected chi connectivity index (χ3v) is 6.15. The quantitative estimate of drug-likeness (QED) is 0.378. The third kappa shape index (κ3) is 2.82. The molecule has 0 saturated heterocycles. The molecule has 1 aliphatic rings. The van der Waals surface area contributed by atoms with Crippen LogP contribution in [0.5, 0.6) is 5.75 Å². The Balaban J connectivity index is 1.72. The molecule has 0 bridgehead atoms. The van der Waals surface area contributed by atoms with E-state index in [1.165, 1.54) is 17.4 Å². The van der Waals surface area contributed by atoms with Crippen molar-refractivity contribution in [2.45, 2.75) is 31.1 Å². The highest BCUT2D eigenvalue weighted by atomic mass is 32.1. The Kier molecular flexibility index (Phi) is 3.73. The maximum Gasteiger partial charge on any atom is 0.249 e. The van der Waals surface area contributed by atoms with Gasteiger partial charge in [-0.25, -0.2) is 13.8 Å². The smallest absolute Gasteiger partial charge is 0.249 e. The van der Waals surface area contributed by atoms with Crippen molar-refractivity contribution in [2.75, 3.05) is 0 Å². The van der Waals surface area contributed by atoms with E-state index >= 15 is 0 Å². The van der Waals surface area contributed by atoms with Crippen molar-refractivity contribution in [2.24, 2.45) is 5.16 Å². The molecule has 2 heterocycles. The zero-order valence-corrected chi connectivity index (χ0v) is 14.7. The summed E-state index contributed by atoms with van der Waals surface area (Å²) in [5, 5.41) is 22.3. The second-order valence-electron chi connectivity index (χ2n) is 6.99. The number of phenols is 1. The average molecular weight is 374 g/mol. The number of aromatic nitrogens is 1. The van der Waals surface area contributed by atoms with Gasteiger partial charge in [0, 0.05) is 39.6 Å². The van der Waals surface area contributed by atoms with Crippen LogP contribution >= 0.6 is 11.3 Å². The van der Waals surface area contributed by atoms with Gasteiger partial charge in [0.1, 0.15) is 10.6 Å². The summed E-state index contributed by atoms with van der Waals surface area (Å²) in [5.41, 5.74) is 1.35. The predicted octanol–water partition coefficient (Wildman–Crippen LogP) is 5.16. The summed E-state index contributed by atoms with van der Waals surface area (Å²) < 4.78 is 26.7. The molecule has 2 aromatic heterocycles. The fraction of sp³-hybridized carbons (Fsp3) is 0.263. The molecule has 0 radical (unpaired) electrons. The van der Waals surface area contributed by atoms with Crippen LogP contribution in [-0.2, 0) is 5.41 Å². The Morgan fingerprint density at radius 1 is 1.19 bits per heavy atom. The minimum atomic E-state index is -2.57. The maximum absolute atomic E-state index is 13.3. The summed E-state index contributed by atoms with van der Waals surface area (Å²) in [7, 11) is 0. The number of fused-ring (bicyclic) bond motifs is 1. The Morgan fingerprint density at radius 2 is 1.96 bits per heavy atom. The van der Waals surface area contributed by atoms with Gasteiger partial charge in [0.15, 0.2) is 0 Å². The number of pyridine rings is 1. The lowest BCUT2D eigenvalue weighted by molar-refractivity contribution is -0.119. The SMILES string of the molecule is CC1(c2cc3ccc(-c4ccc(O)c(/C=N/O)c4)nc3s2)CC(F)(F)C1. The lowest BCUT2D eigenvalue weighted by atomic mass is 9.66. The summed E-state index contributed by atoms with van der Waals surface area (Å²) in [5.74, 6) is -2.56. The monoisotopic (exact) mass is 374 g/mol. The molecular formula is C19H16F2N2O2S. The van der Waals surface area contributed by atoms with Gasteiger partial charge in [0.25, 0.3) is 0 Å². The van der Waals surface area contributed by atoms with Crippen molar-refractivity contribution in [3.8, 4) is 17.0 Å². The first-order chi connectivity index (χ1) is 12.3. The summed E-state index contributed by atoms with van der Waals surface area (Å²) in [4.78, 5) is 6.37. The number of aromatic hydroxyl groups is 1. The minimum absolute atomic E-state index is 0.00451. The van der Waals surface area contributed by atoms with Crippen LogP contribution in [0.2, 0.25) is 0 Å². The van der Waals surface area contributed by atoms with Crippen molar-refractivity contribution in [3.05, 3.63) is 46.8 Å². The predicted molar refractivity (Wildman–Crippen MR) is 97.6 cm³/mol. The van der Waals surface area contributed by atoms with Gasteiger partial charge >= 0.3 is 0 Å². The summed E-state index contributed by atoms with van der Waals surface area (Å²) in [6, 6.07) is 10.6. The van der Waals surface area contributed by atoms with Crippen molar-refractivity contribution in [3.63, 3.8) is 0 Å². The van der Waals surface area contributed by atoms with Crippen LogP contribution in [0.4, 0.5) is 8.78 Å². The highest BCUT2D eigenvalue weighted by Gasteiger charge is 2.55. The van der Waals surface area contributed by atoms with Crippen LogP contribution in [0.3, 0.4) is 0 Å². The number of oxime groups is 1. The van der Waals surface area contributed by atoms with E-state index in [1.807, 2.05) is 25.1 Å². The van der Waals surface area contributed by atoms with Crippen molar-refractivity contribution < 1.29 is 19.1 Å². The fourth-order valence-electron chi connectivity index (χ4n) is 3.52. The number of alkyl halides is 2. The molecule has 0 spiro atoms. The number of hydrogen-bond acceptors (Lipinski definition) is 5. The number of rotatable bonds is 3. The molecule has 0 atom stereocenters. The largest absolute Gasteiger partial charge is 0.507 e. The first kappa shape index (κ1) is 16.9. The molecule has 4 rings (SSSR count). The van der Waals surface area contributed by atoms with E-state index in [9.17, 15) is 13.9 Å². The normalized spacial score (nSPS) is 18.3. The standard InChI is InChI=1S/C19H16F2N2O2S/c1-18(9-19(20,21)10-18)16-7-12-2-4-14(23-17(12)26-16)11-3-5-15(24)13(6-11)8-22-25/h2-8,24-25H,9-10H2,1H3/b22-8+. The summed E-state index contributed by atoms with van der Waals surface area (Å²) in [6.07, 6.45) is 0.904. The molecule has 3 aromatic rings. The Bertz CT molecular complexity index is 1020. The molecule has 1 aliphatic carbocycles. The van der Waals surface area contributed by atoms with Gasteiger partial charge in [0.05, 0.1) is 11.9 Å². The lowest BCUT2D eigenvalue weighted by Crippen LogP contribution is -2.46. The molecule has 1 saturated carbocycles. The summed E-state index contributed by atoms with van der Waals surface area (Å²) in [6.45, 7) is 1.87. The zero-order valence-electron chi connectivity index (χ0n) is 13.9. The summed E-state index contributed by atoms with van der Waals surface area (Å²) >= 11 is 1.45. The van der Waals surface area contributed by atoms with E-state index in [1.54, 1.807) is 12.1 Å². The Labute approximate surface area is 152 Å². The van der Waals surface area contributed by atoms with Gasteiger partial charge < -0.3 is 10.3 Å². The fourth-order valence-corrected chi connectivity index (χ4v) is 4.69. The Hall–Kier alpha value is -2.54. The van der Waals surface area contributed by atoms with E-state index in [0.29, 0.717) is 11.3 Å². The van der Waals surface area contributed by atoms with Gasteiger partial charge in [-0.15, -0.1) is 11.3 Å². The second-order valence-corrected chi connectivity index (χ2v) is 8.02. The molecule has 2 N–H and O–H groups in total. The number of hydrogen-bond donors (Lipinski definition) is 2. The molecule has 26 heavy (non-hydrogen) atoms. The topological polar surface area (TPSA) is 65.7 Å². The van der Waals surface area contributed by atoms with Crippen LogP contribution in [0, 0.1) is 0 Å². The zero-order chi connectivity index (χ0) is 18.5. The molecule has 0 unspecified atom stereocenters. The minimum Gasteiger partial charge on any atom is -0.507 e. The van der Waals surface area contributed by atoms with Gasteiger partial charge in [-0.05, 0) is 36.4 Å². The van der Waals surface area contributed by atoms with Gasteiger partial charge in [-0.3, -0.25) is 0 Å². The van der Waals surface area contributed by atoms with Crippen LogP contribution in [0.1, 0.15) is 30.2 Å². The Morgan fingerprint density at radius 3 is 2.65 bits per heavy atom. The molecule has 4 nitrogen and oxygen atoms in total. The highest BCUT2D eigenvalue weighted by molar-refractivity contribution is 7.18. The molecule has 0 aliphatic heterocycles. The van der Waals surface area contributed by atoms with Gasteiger partial charge in [-0.2, -0.15) is 0 Å². The van der Waals surface area contributed by atoms with E-state index in [0.717, 1.165) is 26.9 Å². The third-order valence-electron chi connectivity index (χ3n) is 4.80. The first-order valence-electron chi connectivity index (χ1n) is 8.09. The van der Waals surface area contributed by atoms with Crippen LogP contribution in [-0.4, -0.2) is 27.4 Å². The maximum atomic E-state index is 13.3. The number of nitrogens with zero attached hydrogens (tertiary/aromatic N) is 2. The van der Waals surface area contributed by atoms with E-state index in [4.69, 9.17) is 5.21 Å². The van der Waals surface area contributed by atoms with Crippen LogP contribution in [0.25, 0.3) is 21.5 Å². The van der Waals surface area contributed by atoms with Gasteiger partial charge in [0.2, 0.25) is 5.92 Å². The van der Waals surface area contributed by atoms with Crippen LogP contribution in [0.15, 0.2) is 41.6 Å². The average Bonchev–Trinajstić information content (AvgIpc) is 2.99. The highest BCUT2D eigenvalue weighted by Crippen LogP contribution is 2.55. The number of halogens is 2. The van der Waals surface area contributed by atoms with Crippen molar-refractivity contribution in [1.29, 1.82) is 0 Å². The molecular weight excluding hydrogens is 358 g/mol. The molecule has 1 fully saturated rings. The van der Waals surface area contributed by atoms with E-state index in [2.05, 4.69) is 10.1 Å². The first-order valence-corrected chi connectivity index (χ1v) is 8.91. The number of phenolic OH excluding ortho intramolecular Hbond substituents is 1. The van der Waals surface area contributed by atoms with Gasteiger partial charge in [-0.1, -0.05) is 12.1 Å². The molecule has 7 heteroatoms. The van der Waals surface area contributed by atoms with E-state index < -0.39 is 11.3 Å². The number of benzene rings is 1. The van der Waals surface area contributed by atoms with Crippen LogP contribution < -0.4 is 0 Å². The molecule has 0 amide bonds. The molecule has 134 valence electrons. The van der Waals surface area contributed by atoms with Crippen molar-refractivity contribution >= 4 is 27.8 Å². The van der Waals surface area contributed by atoms with E-state index in [-0.39, 0.29) is 18.6 Å². The van der Waals surface area contributed by atoms with Crippen molar-refractivity contribution in [1.82, 2.24) is 4.98 Å². The lowest BCUT2D eigenvalue weighted by Gasteiger charge is -2.44. The second kappa shape index (κ2) is 5.74. The molecule has 1 aromatic carbocycles. The number of thiophene rings is 1.